The molecule has 3 aromatic rings. The zero-order chi connectivity index (χ0) is 23.8. The van der Waals surface area contributed by atoms with E-state index in [1.165, 1.54) is 68.9 Å². The fourth-order valence-corrected chi connectivity index (χ4v) is 5.41. The predicted molar refractivity (Wildman–Crippen MR) is 144 cm³/mol. The second kappa shape index (κ2) is 12.2. The van der Waals surface area contributed by atoms with E-state index in [1.807, 2.05) is 18.2 Å². The van der Waals surface area contributed by atoms with Crippen molar-refractivity contribution in [3.05, 3.63) is 82.7 Å². The summed E-state index contributed by atoms with van der Waals surface area (Å²) in [6.07, 6.45) is 14.7. The van der Waals surface area contributed by atoms with Crippen LogP contribution in [-0.2, 0) is 12.8 Å². The summed E-state index contributed by atoms with van der Waals surface area (Å²) in [4.78, 5) is 0. The molecule has 0 atom stereocenters. The van der Waals surface area contributed by atoms with Gasteiger partial charge >= 0.3 is 0 Å². The lowest BCUT2D eigenvalue weighted by atomic mass is 9.78. The summed E-state index contributed by atoms with van der Waals surface area (Å²) >= 11 is 0. The van der Waals surface area contributed by atoms with Gasteiger partial charge < -0.3 is 0 Å². The Kier molecular flexibility index (Phi) is 8.81. The Morgan fingerprint density at radius 1 is 0.765 bits per heavy atom. The highest BCUT2D eigenvalue weighted by Crippen LogP contribution is 2.34. The van der Waals surface area contributed by atoms with Crippen LogP contribution in [0.2, 0.25) is 0 Å². The molecule has 0 heterocycles. The Bertz CT molecular complexity index is 1120. The summed E-state index contributed by atoms with van der Waals surface area (Å²) in [5.74, 6) is 7.87. The molecule has 1 heteroatoms. The zero-order valence-electron chi connectivity index (χ0n) is 21.0. The predicted octanol–water partition coefficient (Wildman–Crippen LogP) is 9.26. The van der Waals surface area contributed by atoms with E-state index in [9.17, 15) is 4.39 Å². The van der Waals surface area contributed by atoms with Crippen LogP contribution in [0.4, 0.5) is 4.39 Å². The summed E-state index contributed by atoms with van der Waals surface area (Å²) in [6, 6.07) is 18.3. The van der Waals surface area contributed by atoms with Crippen molar-refractivity contribution in [3.8, 4) is 11.8 Å². The van der Waals surface area contributed by atoms with Gasteiger partial charge in [-0.15, -0.1) is 0 Å². The molecule has 0 aromatic heterocycles. The van der Waals surface area contributed by atoms with E-state index in [1.54, 1.807) is 6.07 Å². The van der Waals surface area contributed by atoms with Gasteiger partial charge in [0.25, 0.3) is 0 Å². The molecule has 0 N–H and O–H groups in total. The minimum absolute atomic E-state index is 0.218. The lowest BCUT2D eigenvalue weighted by molar-refractivity contribution is 0.249. The van der Waals surface area contributed by atoms with Gasteiger partial charge in [0.1, 0.15) is 5.82 Å². The molecule has 0 aliphatic heterocycles. The first kappa shape index (κ1) is 24.5. The van der Waals surface area contributed by atoms with Gasteiger partial charge in [0.05, 0.1) is 5.56 Å². The first-order valence-electron chi connectivity index (χ1n) is 13.5. The molecule has 0 amide bonds. The summed E-state index contributed by atoms with van der Waals surface area (Å²) in [7, 11) is 0. The molecular weight excluding hydrogens is 415 g/mol. The number of fused-ring (bicyclic) bond motifs is 1. The molecule has 0 unspecified atom stereocenters. The van der Waals surface area contributed by atoms with Crippen molar-refractivity contribution in [2.75, 3.05) is 0 Å². The maximum Gasteiger partial charge on any atom is 0.146 e. The molecule has 0 bridgehead atoms. The van der Waals surface area contributed by atoms with E-state index in [0.29, 0.717) is 10.9 Å². The van der Waals surface area contributed by atoms with Gasteiger partial charge in [-0.2, -0.15) is 0 Å². The number of rotatable bonds is 8. The lowest BCUT2D eigenvalue weighted by Crippen LogP contribution is -2.15. The molecule has 3 aromatic carbocycles. The van der Waals surface area contributed by atoms with Crippen molar-refractivity contribution in [3.63, 3.8) is 0 Å². The Morgan fingerprint density at radius 3 is 2.18 bits per heavy atom. The van der Waals surface area contributed by atoms with Crippen molar-refractivity contribution < 1.29 is 4.39 Å². The molecule has 0 saturated heterocycles. The van der Waals surface area contributed by atoms with E-state index in [2.05, 4.69) is 56.0 Å². The van der Waals surface area contributed by atoms with Crippen molar-refractivity contribution in [2.24, 2.45) is 11.8 Å². The molecule has 178 valence electrons. The van der Waals surface area contributed by atoms with Crippen molar-refractivity contribution in [1.29, 1.82) is 0 Å². The highest BCUT2D eigenvalue weighted by Gasteiger charge is 2.20. The van der Waals surface area contributed by atoms with Gasteiger partial charge in [0.2, 0.25) is 0 Å². The summed E-state index contributed by atoms with van der Waals surface area (Å²) in [6.45, 7) is 4.41. The minimum Gasteiger partial charge on any atom is -0.205 e. The maximum atomic E-state index is 14.9. The van der Waals surface area contributed by atoms with Gasteiger partial charge in [-0.25, -0.2) is 4.39 Å². The van der Waals surface area contributed by atoms with Crippen molar-refractivity contribution in [2.45, 2.75) is 84.5 Å². The highest BCUT2D eigenvalue weighted by molar-refractivity contribution is 5.85. The summed E-state index contributed by atoms with van der Waals surface area (Å²) in [5, 5.41) is 1.59. The fraction of sp³-hybridized carbons (Fsp3) is 0.455. The Balaban J connectivity index is 1.30. The van der Waals surface area contributed by atoms with Gasteiger partial charge in [-0.05, 0) is 65.8 Å². The highest BCUT2D eigenvalue weighted by atomic mass is 19.1. The molecule has 0 spiro atoms. The number of unbranched alkanes of at least 4 members (excludes halogenated alkanes) is 2. The number of halogens is 1. The van der Waals surface area contributed by atoms with Crippen LogP contribution in [0.15, 0.2) is 54.6 Å². The standard InChI is InChI=1S/C33H39F/c1-3-5-6-7-26-8-10-27(11-9-26)12-13-28-14-16-29(17-15-28)18-20-30-21-22-31-24-25(4-2)19-23-32(31)33(30)34/h14-17,19,21-24,26-27H,3-13H2,1-2H3. The van der Waals surface area contributed by atoms with Crippen LogP contribution in [-0.4, -0.2) is 0 Å². The quantitative estimate of drug-likeness (QED) is 0.235. The minimum atomic E-state index is -0.218. The molecule has 4 rings (SSSR count). The average molecular weight is 455 g/mol. The third-order valence-corrected chi connectivity index (χ3v) is 7.75. The third-order valence-electron chi connectivity index (χ3n) is 7.75. The van der Waals surface area contributed by atoms with E-state index in [0.717, 1.165) is 35.6 Å². The molecule has 1 aliphatic rings. The van der Waals surface area contributed by atoms with E-state index < -0.39 is 0 Å². The zero-order valence-corrected chi connectivity index (χ0v) is 21.0. The molecule has 0 radical (unpaired) electrons. The van der Waals surface area contributed by atoms with E-state index in [-0.39, 0.29) is 5.82 Å². The van der Waals surface area contributed by atoms with Gasteiger partial charge in [-0.3, -0.25) is 0 Å². The first-order chi connectivity index (χ1) is 16.7. The van der Waals surface area contributed by atoms with E-state index >= 15 is 0 Å². The van der Waals surface area contributed by atoms with E-state index in [4.69, 9.17) is 0 Å². The van der Waals surface area contributed by atoms with Gasteiger partial charge in [0, 0.05) is 10.9 Å². The van der Waals surface area contributed by atoms with Crippen LogP contribution < -0.4 is 0 Å². The van der Waals surface area contributed by atoms with Crippen LogP contribution in [0.3, 0.4) is 0 Å². The third kappa shape index (κ3) is 6.50. The van der Waals surface area contributed by atoms with Crippen LogP contribution in [0.25, 0.3) is 10.8 Å². The SMILES string of the molecule is CCCCCC1CCC(CCc2ccc(C#Cc3ccc4cc(CC)ccc4c3F)cc2)CC1. The van der Waals surface area contributed by atoms with Crippen LogP contribution in [0, 0.1) is 29.5 Å². The second-order valence-electron chi connectivity index (χ2n) is 10.2. The second-order valence-corrected chi connectivity index (χ2v) is 10.2. The van der Waals surface area contributed by atoms with Crippen LogP contribution in [0.5, 0.6) is 0 Å². The molecule has 1 fully saturated rings. The number of hydrogen-bond donors (Lipinski definition) is 0. The number of aryl methyl sites for hydroxylation is 2. The van der Waals surface area contributed by atoms with Crippen LogP contribution in [0.1, 0.15) is 93.9 Å². The molecule has 1 aliphatic carbocycles. The topological polar surface area (TPSA) is 0 Å². The Morgan fingerprint density at radius 2 is 1.47 bits per heavy atom. The molecule has 0 nitrogen and oxygen atoms in total. The summed E-state index contributed by atoms with van der Waals surface area (Å²) in [5.41, 5.74) is 4.02. The molecule has 34 heavy (non-hydrogen) atoms. The lowest BCUT2D eigenvalue weighted by Gasteiger charge is -2.28. The summed E-state index contributed by atoms with van der Waals surface area (Å²) < 4.78 is 14.9. The number of benzene rings is 3. The number of hydrogen-bond acceptors (Lipinski definition) is 0. The van der Waals surface area contributed by atoms with Crippen molar-refractivity contribution >= 4 is 10.8 Å². The fourth-order valence-electron chi connectivity index (χ4n) is 5.41. The normalized spacial score (nSPS) is 18.0. The molecular formula is C33H39F. The smallest absolute Gasteiger partial charge is 0.146 e. The maximum absolute atomic E-state index is 14.9. The largest absolute Gasteiger partial charge is 0.205 e. The first-order valence-corrected chi connectivity index (χ1v) is 13.5. The van der Waals surface area contributed by atoms with Gasteiger partial charge in [0.15, 0.2) is 0 Å². The Labute approximate surface area is 206 Å². The monoisotopic (exact) mass is 454 g/mol. The average Bonchev–Trinajstić information content (AvgIpc) is 2.88. The molecule has 1 saturated carbocycles. The van der Waals surface area contributed by atoms with Crippen LogP contribution >= 0.6 is 0 Å². The van der Waals surface area contributed by atoms with Gasteiger partial charge in [-0.1, -0.05) is 113 Å². The Hall–Kier alpha value is -2.59. The van der Waals surface area contributed by atoms with Crippen molar-refractivity contribution in [1.82, 2.24) is 0 Å².